The molecular weight excluding hydrogens is 298 g/mol. The molecule has 2 saturated heterocycles. The highest BCUT2D eigenvalue weighted by molar-refractivity contribution is 7.86. The number of benzene rings is 1. The van der Waals surface area contributed by atoms with Crippen LogP contribution in [0, 0.1) is 0 Å². The van der Waals surface area contributed by atoms with Gasteiger partial charge in [-0.3, -0.25) is 9.00 Å². The molecule has 1 aromatic carbocycles. The molecule has 0 aliphatic carbocycles. The van der Waals surface area contributed by atoms with Crippen molar-refractivity contribution in [3.63, 3.8) is 0 Å². The zero-order valence-corrected chi connectivity index (χ0v) is 12.1. The number of carbonyl (C=O) groups excluding carboxylic acids is 1. The minimum atomic E-state index is -0.761. The lowest BCUT2D eigenvalue weighted by Crippen LogP contribution is -2.42. The Bertz CT molecular complexity index is 741. The van der Waals surface area contributed by atoms with Gasteiger partial charge in [0.2, 0.25) is 0 Å². The molecule has 2 bridgehead atoms. The van der Waals surface area contributed by atoms with Crippen LogP contribution in [0.3, 0.4) is 0 Å². The van der Waals surface area contributed by atoms with E-state index in [0.717, 1.165) is 11.8 Å². The highest BCUT2D eigenvalue weighted by Gasteiger charge is 2.45. The minimum absolute atomic E-state index is 0.0164. The summed E-state index contributed by atoms with van der Waals surface area (Å²) >= 11 is 6.06. The van der Waals surface area contributed by atoms with E-state index >= 15 is 0 Å². The van der Waals surface area contributed by atoms with Crippen LogP contribution in [0.5, 0.6) is 0 Å². The maximum absolute atomic E-state index is 12.7. The van der Waals surface area contributed by atoms with Gasteiger partial charge in [0, 0.05) is 34.5 Å². The molecule has 20 heavy (non-hydrogen) atoms. The minimum Gasteiger partial charge on any atom is -0.463 e. The zero-order valence-electron chi connectivity index (χ0n) is 10.5. The summed E-state index contributed by atoms with van der Waals surface area (Å²) < 4.78 is 17.0. The normalized spacial score (nSPS) is 28.4. The number of rotatable bonds is 1. The number of amides is 1. The molecule has 4 rings (SSSR count). The molecule has 2 aromatic rings. The summed E-state index contributed by atoms with van der Waals surface area (Å²) in [5, 5.41) is 1.40. The van der Waals surface area contributed by atoms with Crippen molar-refractivity contribution in [3.05, 3.63) is 35.0 Å². The number of furan rings is 1. The molecule has 1 unspecified atom stereocenters. The maximum Gasteiger partial charge on any atom is 0.254 e. The molecule has 0 saturated carbocycles. The molecular formula is C14H12ClNO3S. The Balaban J connectivity index is 1.74. The quantitative estimate of drug-likeness (QED) is 0.813. The van der Waals surface area contributed by atoms with Crippen LogP contribution in [-0.4, -0.2) is 38.6 Å². The smallest absolute Gasteiger partial charge is 0.254 e. The monoisotopic (exact) mass is 309 g/mol. The summed E-state index contributed by atoms with van der Waals surface area (Å²) in [6.07, 6.45) is 2.40. The second kappa shape index (κ2) is 4.33. The van der Waals surface area contributed by atoms with E-state index in [-0.39, 0.29) is 17.2 Å². The van der Waals surface area contributed by atoms with Gasteiger partial charge < -0.3 is 9.32 Å². The molecule has 0 radical (unpaired) electrons. The summed E-state index contributed by atoms with van der Waals surface area (Å²) in [4.78, 5) is 14.6. The SMILES string of the molecule is O=C(c1ccc(Cl)c2occc12)N1C[C@@H]2C[C@H]1CS2=O. The summed E-state index contributed by atoms with van der Waals surface area (Å²) in [6.45, 7) is 0.595. The van der Waals surface area contributed by atoms with Crippen LogP contribution < -0.4 is 0 Å². The summed E-state index contributed by atoms with van der Waals surface area (Å²) in [5.74, 6) is 0.593. The Labute approximate surface area is 123 Å². The molecule has 1 aromatic heterocycles. The Kier molecular flexibility index (Phi) is 2.69. The standard InChI is InChI=1S/C14H12ClNO3S/c15-12-2-1-11(10-3-4-19-13(10)12)14(17)16-6-9-5-8(16)7-20(9)18/h1-4,8-9H,5-7H2/t8-,9-,20?/m0/s1. The zero-order chi connectivity index (χ0) is 13.9. The third-order valence-corrected chi connectivity index (χ3v) is 6.26. The first-order valence-electron chi connectivity index (χ1n) is 6.49. The average molecular weight is 310 g/mol. The number of halogens is 1. The van der Waals surface area contributed by atoms with Gasteiger partial charge in [-0.2, -0.15) is 0 Å². The van der Waals surface area contributed by atoms with E-state index < -0.39 is 10.8 Å². The number of hydrogen-bond acceptors (Lipinski definition) is 3. The molecule has 3 heterocycles. The van der Waals surface area contributed by atoms with Crippen molar-refractivity contribution in [3.8, 4) is 0 Å². The van der Waals surface area contributed by atoms with Crippen LogP contribution >= 0.6 is 11.6 Å². The Hall–Kier alpha value is -1.33. The van der Waals surface area contributed by atoms with Gasteiger partial charge in [-0.05, 0) is 24.6 Å². The van der Waals surface area contributed by atoms with E-state index in [4.69, 9.17) is 16.0 Å². The van der Waals surface area contributed by atoms with E-state index in [1.165, 1.54) is 0 Å². The summed E-state index contributed by atoms with van der Waals surface area (Å²) in [5.41, 5.74) is 1.15. The fourth-order valence-electron chi connectivity index (χ4n) is 3.17. The van der Waals surface area contributed by atoms with Gasteiger partial charge in [-0.15, -0.1) is 0 Å². The summed E-state index contributed by atoms with van der Waals surface area (Å²) in [7, 11) is -0.761. The molecule has 0 spiro atoms. The highest BCUT2D eigenvalue weighted by atomic mass is 35.5. The molecule has 2 aliphatic heterocycles. The Morgan fingerprint density at radius 2 is 2.25 bits per heavy atom. The number of fused-ring (bicyclic) bond motifs is 3. The summed E-state index contributed by atoms with van der Waals surface area (Å²) in [6, 6.07) is 5.31. The number of hydrogen-bond donors (Lipinski definition) is 0. The predicted molar refractivity (Wildman–Crippen MR) is 77.5 cm³/mol. The van der Waals surface area contributed by atoms with Gasteiger partial charge in [-0.1, -0.05) is 11.6 Å². The third kappa shape index (κ3) is 1.66. The third-order valence-electron chi connectivity index (χ3n) is 4.16. The van der Waals surface area contributed by atoms with Crippen LogP contribution in [-0.2, 0) is 10.8 Å². The molecule has 104 valence electrons. The number of carbonyl (C=O) groups is 1. The van der Waals surface area contributed by atoms with E-state index in [2.05, 4.69) is 0 Å². The maximum atomic E-state index is 12.7. The molecule has 1 amide bonds. The lowest BCUT2D eigenvalue weighted by atomic mass is 10.1. The average Bonchev–Trinajstić information content (AvgIpc) is 3.12. The molecule has 0 N–H and O–H groups in total. The van der Waals surface area contributed by atoms with Crippen LogP contribution in [0.15, 0.2) is 28.9 Å². The lowest BCUT2D eigenvalue weighted by molar-refractivity contribution is 0.0748. The first-order valence-corrected chi connectivity index (χ1v) is 8.25. The van der Waals surface area contributed by atoms with Gasteiger partial charge in [0.15, 0.2) is 5.58 Å². The molecule has 2 aliphatic rings. The fourth-order valence-corrected chi connectivity index (χ4v) is 5.11. The molecule has 2 fully saturated rings. The highest BCUT2D eigenvalue weighted by Crippen LogP contribution is 2.34. The topological polar surface area (TPSA) is 50.5 Å². The van der Waals surface area contributed by atoms with Crippen molar-refractivity contribution in [1.29, 1.82) is 0 Å². The van der Waals surface area contributed by atoms with E-state index in [1.54, 1.807) is 24.5 Å². The molecule has 4 nitrogen and oxygen atoms in total. The van der Waals surface area contributed by atoms with Gasteiger partial charge >= 0.3 is 0 Å². The Morgan fingerprint density at radius 3 is 2.95 bits per heavy atom. The van der Waals surface area contributed by atoms with Crippen LogP contribution in [0.1, 0.15) is 16.8 Å². The first-order chi connectivity index (χ1) is 9.65. The van der Waals surface area contributed by atoms with Crippen LogP contribution in [0.4, 0.5) is 0 Å². The van der Waals surface area contributed by atoms with Crippen LogP contribution in [0.25, 0.3) is 11.0 Å². The van der Waals surface area contributed by atoms with E-state index in [1.807, 2.05) is 4.90 Å². The van der Waals surface area contributed by atoms with Gasteiger partial charge in [0.25, 0.3) is 5.91 Å². The second-order valence-corrected chi connectivity index (χ2v) is 7.44. The van der Waals surface area contributed by atoms with Gasteiger partial charge in [-0.25, -0.2) is 0 Å². The van der Waals surface area contributed by atoms with Crippen molar-refractivity contribution in [2.75, 3.05) is 12.3 Å². The van der Waals surface area contributed by atoms with Crippen molar-refractivity contribution >= 4 is 39.3 Å². The largest absolute Gasteiger partial charge is 0.463 e. The Morgan fingerprint density at radius 1 is 1.40 bits per heavy atom. The molecule has 6 heteroatoms. The van der Waals surface area contributed by atoms with Crippen LogP contribution in [0.2, 0.25) is 5.02 Å². The predicted octanol–water partition coefficient (Wildman–Crippen LogP) is 2.43. The fraction of sp³-hybridized carbons (Fsp3) is 0.357. The second-order valence-electron chi connectivity index (χ2n) is 5.27. The van der Waals surface area contributed by atoms with Crippen molar-refractivity contribution in [2.45, 2.75) is 17.7 Å². The first kappa shape index (κ1) is 12.4. The van der Waals surface area contributed by atoms with E-state index in [0.29, 0.717) is 28.5 Å². The van der Waals surface area contributed by atoms with Crippen molar-refractivity contribution < 1.29 is 13.4 Å². The number of nitrogens with zero attached hydrogens (tertiary/aromatic N) is 1. The van der Waals surface area contributed by atoms with Gasteiger partial charge in [0.1, 0.15) is 0 Å². The lowest BCUT2D eigenvalue weighted by Gasteiger charge is -2.26. The van der Waals surface area contributed by atoms with E-state index in [9.17, 15) is 9.00 Å². The van der Waals surface area contributed by atoms with Crippen molar-refractivity contribution in [1.82, 2.24) is 4.90 Å². The number of likely N-dealkylation sites (tertiary alicyclic amines) is 1. The van der Waals surface area contributed by atoms with Crippen molar-refractivity contribution in [2.24, 2.45) is 0 Å². The molecule has 3 atom stereocenters. The van der Waals surface area contributed by atoms with Gasteiger partial charge in [0.05, 0.1) is 22.1 Å².